The number of fused-ring (bicyclic) bond motifs is 1. The summed E-state index contributed by atoms with van der Waals surface area (Å²) in [6, 6.07) is 0. The molecule has 1 aliphatic rings. The maximum Gasteiger partial charge on any atom is 0.112 e. The van der Waals surface area contributed by atoms with Crippen LogP contribution in [0.5, 0.6) is 0 Å². The van der Waals surface area contributed by atoms with E-state index in [9.17, 15) is 0 Å². The highest BCUT2D eigenvalue weighted by Gasteiger charge is 2.31. The zero-order valence-electron chi connectivity index (χ0n) is 14.3. The summed E-state index contributed by atoms with van der Waals surface area (Å²) in [7, 11) is 1.86. The van der Waals surface area contributed by atoms with Gasteiger partial charge in [0.05, 0.1) is 11.5 Å². The molecule has 0 atom stereocenters. The van der Waals surface area contributed by atoms with Gasteiger partial charge in [-0.25, -0.2) is 0 Å². The average molecular weight is 368 g/mol. The standard InChI is InChI=1S/C18H25NOS3/c1-12(2)15-13-11-18(3,4)8-7-14(13)23-16(15)17(19-5)22-10-6-9-20-21/h6,10,21H,1,7-9,11H2,2-5H3/b10-6+,19-17?. The molecule has 23 heavy (non-hydrogen) atoms. The van der Waals surface area contributed by atoms with E-state index in [1.54, 1.807) is 11.8 Å². The molecule has 0 amide bonds. The van der Waals surface area contributed by atoms with Gasteiger partial charge in [0.1, 0.15) is 5.04 Å². The second-order valence-electron chi connectivity index (χ2n) is 6.64. The van der Waals surface area contributed by atoms with Gasteiger partial charge in [0.2, 0.25) is 0 Å². The van der Waals surface area contributed by atoms with Gasteiger partial charge in [0.25, 0.3) is 0 Å². The first-order chi connectivity index (χ1) is 10.9. The van der Waals surface area contributed by atoms with Gasteiger partial charge in [-0.2, -0.15) is 0 Å². The quantitative estimate of drug-likeness (QED) is 0.308. The highest BCUT2D eigenvalue weighted by Crippen LogP contribution is 2.44. The fourth-order valence-electron chi connectivity index (χ4n) is 2.92. The van der Waals surface area contributed by atoms with E-state index in [0.29, 0.717) is 12.0 Å². The van der Waals surface area contributed by atoms with Crippen molar-refractivity contribution in [2.24, 2.45) is 10.4 Å². The molecule has 1 aromatic rings. The van der Waals surface area contributed by atoms with Crippen LogP contribution in [0.3, 0.4) is 0 Å². The van der Waals surface area contributed by atoms with E-state index in [0.717, 1.165) is 23.5 Å². The Bertz CT molecular complexity index is 641. The minimum absolute atomic E-state index is 0.371. The van der Waals surface area contributed by atoms with Crippen LogP contribution in [0.2, 0.25) is 0 Å². The number of thioether (sulfide) groups is 1. The lowest BCUT2D eigenvalue weighted by molar-refractivity contribution is 0.317. The summed E-state index contributed by atoms with van der Waals surface area (Å²) < 4.78 is 4.76. The van der Waals surface area contributed by atoms with Crippen LogP contribution in [0.1, 0.15) is 48.1 Å². The van der Waals surface area contributed by atoms with Crippen LogP contribution < -0.4 is 0 Å². The second kappa shape index (κ2) is 8.06. The predicted molar refractivity (Wildman–Crippen MR) is 109 cm³/mol. The Morgan fingerprint density at radius 1 is 1.52 bits per heavy atom. The molecule has 2 rings (SSSR count). The smallest absolute Gasteiger partial charge is 0.112 e. The van der Waals surface area contributed by atoms with Gasteiger partial charge in [-0.05, 0) is 61.1 Å². The lowest BCUT2D eigenvalue weighted by atomic mass is 9.75. The molecule has 0 saturated carbocycles. The van der Waals surface area contributed by atoms with E-state index in [-0.39, 0.29) is 0 Å². The van der Waals surface area contributed by atoms with E-state index in [2.05, 4.69) is 45.3 Å². The number of nitrogens with zero attached hydrogens (tertiary/aromatic N) is 1. The molecule has 0 aromatic carbocycles. The van der Waals surface area contributed by atoms with Crippen LogP contribution in [0.4, 0.5) is 0 Å². The SMILES string of the molecule is C=C(C)c1c(C(=NC)S/C=C/COS)sc2c1CC(C)(C)CC2. The molecule has 0 spiro atoms. The Hall–Kier alpha value is -0.490. The molecule has 126 valence electrons. The van der Waals surface area contributed by atoms with Crippen LogP contribution in [-0.2, 0) is 17.0 Å². The summed E-state index contributed by atoms with van der Waals surface area (Å²) in [5, 5.41) is 3.07. The molecule has 0 fully saturated rings. The van der Waals surface area contributed by atoms with Crippen molar-refractivity contribution in [1.29, 1.82) is 0 Å². The number of hydrogen-bond acceptors (Lipinski definition) is 5. The van der Waals surface area contributed by atoms with Crippen LogP contribution >= 0.6 is 36.0 Å². The second-order valence-corrected chi connectivity index (χ2v) is 8.90. The number of thiol groups is 1. The van der Waals surface area contributed by atoms with Crippen LogP contribution in [0.25, 0.3) is 5.57 Å². The first-order valence-electron chi connectivity index (χ1n) is 7.75. The fourth-order valence-corrected chi connectivity index (χ4v) is 5.22. The molecule has 2 nitrogen and oxygen atoms in total. The molecule has 5 heteroatoms. The van der Waals surface area contributed by atoms with Crippen LogP contribution in [-0.4, -0.2) is 18.7 Å². The number of aliphatic imine (C=N–C) groups is 1. The first kappa shape index (κ1) is 18.8. The number of thiophene rings is 1. The van der Waals surface area contributed by atoms with E-state index >= 15 is 0 Å². The summed E-state index contributed by atoms with van der Waals surface area (Å²) >= 11 is 7.28. The zero-order valence-corrected chi connectivity index (χ0v) is 16.8. The Balaban J connectivity index is 2.39. The third kappa shape index (κ3) is 4.53. The monoisotopic (exact) mass is 367 g/mol. The van der Waals surface area contributed by atoms with Crippen molar-refractivity contribution in [2.45, 2.75) is 40.0 Å². The van der Waals surface area contributed by atoms with Crippen LogP contribution in [0, 0.1) is 5.41 Å². The summed E-state index contributed by atoms with van der Waals surface area (Å²) in [6.07, 6.45) is 5.49. The molecule has 0 unspecified atom stereocenters. The highest BCUT2D eigenvalue weighted by molar-refractivity contribution is 8.17. The van der Waals surface area contributed by atoms with Gasteiger partial charge >= 0.3 is 0 Å². The topological polar surface area (TPSA) is 21.6 Å². The number of allylic oxidation sites excluding steroid dienone is 1. The lowest BCUT2D eigenvalue weighted by Gasteiger charge is -2.30. The molecule has 1 heterocycles. The molecule has 1 aliphatic carbocycles. The molecule has 0 aliphatic heterocycles. The van der Waals surface area contributed by atoms with Crippen molar-refractivity contribution in [1.82, 2.24) is 0 Å². The van der Waals surface area contributed by atoms with Crippen molar-refractivity contribution in [3.63, 3.8) is 0 Å². The third-order valence-corrected chi connectivity index (χ3v) is 6.56. The normalized spacial score (nSPS) is 17.5. The summed E-state index contributed by atoms with van der Waals surface area (Å²) in [6.45, 7) is 11.6. The van der Waals surface area contributed by atoms with Gasteiger partial charge in [0, 0.05) is 17.5 Å². The van der Waals surface area contributed by atoms with Gasteiger partial charge in [0.15, 0.2) is 0 Å². The minimum atomic E-state index is 0.371. The first-order valence-corrected chi connectivity index (χ1v) is 9.81. The van der Waals surface area contributed by atoms with Crippen molar-refractivity contribution in [3.8, 4) is 0 Å². The largest absolute Gasteiger partial charge is 0.314 e. The van der Waals surface area contributed by atoms with Crippen LogP contribution in [0.15, 0.2) is 23.1 Å². The van der Waals surface area contributed by atoms with Crippen molar-refractivity contribution in [2.75, 3.05) is 13.7 Å². The minimum Gasteiger partial charge on any atom is -0.314 e. The van der Waals surface area contributed by atoms with Gasteiger partial charge in [-0.15, -0.1) is 11.3 Å². The Kier molecular flexibility index (Phi) is 6.60. The zero-order chi connectivity index (χ0) is 17.0. The van der Waals surface area contributed by atoms with Gasteiger partial charge in [-0.1, -0.05) is 38.3 Å². The van der Waals surface area contributed by atoms with Crippen molar-refractivity contribution >= 4 is 46.6 Å². The summed E-state index contributed by atoms with van der Waals surface area (Å²) in [5.74, 6) is 0. The molecule has 0 radical (unpaired) electrons. The molecule has 0 bridgehead atoms. The Labute approximate surface area is 153 Å². The summed E-state index contributed by atoms with van der Waals surface area (Å²) in [4.78, 5) is 7.30. The maximum absolute atomic E-state index is 4.76. The van der Waals surface area contributed by atoms with E-state index in [1.807, 2.05) is 29.9 Å². The maximum atomic E-state index is 4.76. The number of hydrogen-bond donors (Lipinski definition) is 1. The Morgan fingerprint density at radius 3 is 2.87 bits per heavy atom. The van der Waals surface area contributed by atoms with Crippen molar-refractivity contribution < 1.29 is 4.18 Å². The summed E-state index contributed by atoms with van der Waals surface area (Å²) in [5.41, 5.74) is 4.33. The fraction of sp³-hybridized carbons (Fsp3) is 0.500. The Morgan fingerprint density at radius 2 is 2.26 bits per heavy atom. The van der Waals surface area contributed by atoms with E-state index in [1.165, 1.54) is 27.3 Å². The number of aryl methyl sites for hydroxylation is 1. The molecule has 0 N–H and O–H groups in total. The highest BCUT2D eigenvalue weighted by atomic mass is 32.2. The van der Waals surface area contributed by atoms with E-state index in [4.69, 9.17) is 4.18 Å². The average Bonchev–Trinajstić information content (AvgIpc) is 2.84. The van der Waals surface area contributed by atoms with E-state index < -0.39 is 0 Å². The van der Waals surface area contributed by atoms with Gasteiger partial charge in [-0.3, -0.25) is 4.99 Å². The number of rotatable bonds is 5. The van der Waals surface area contributed by atoms with Crippen molar-refractivity contribution in [3.05, 3.63) is 38.9 Å². The van der Waals surface area contributed by atoms with Gasteiger partial charge < -0.3 is 4.18 Å². The molecule has 1 aromatic heterocycles. The molecule has 0 saturated heterocycles. The lowest BCUT2D eigenvalue weighted by Crippen LogP contribution is -2.21. The molecular weight excluding hydrogens is 342 g/mol. The predicted octanol–water partition coefficient (Wildman–Crippen LogP) is 5.78. The molecular formula is C18H25NOS3. The third-order valence-electron chi connectivity index (χ3n) is 4.05.